The third kappa shape index (κ3) is 3.94. The zero-order chi connectivity index (χ0) is 14.6. The summed E-state index contributed by atoms with van der Waals surface area (Å²) in [6.45, 7) is 0. The molecule has 0 aliphatic rings. The maximum atomic E-state index is 12.7. The number of amides is 1. The van der Waals surface area contributed by atoms with Gasteiger partial charge < -0.3 is 10.4 Å². The molecule has 1 aromatic carbocycles. The molecule has 1 amide bonds. The van der Waals surface area contributed by atoms with Gasteiger partial charge in [0.05, 0.1) is 17.2 Å². The normalized spacial score (nSPS) is 12.6. The van der Waals surface area contributed by atoms with Crippen molar-refractivity contribution >= 4 is 27.5 Å². The highest BCUT2D eigenvalue weighted by Crippen LogP contribution is 2.33. The third-order valence-corrected chi connectivity index (χ3v) is 2.78. The first-order valence-electron chi connectivity index (χ1n) is 4.96. The summed E-state index contributed by atoms with van der Waals surface area (Å²) in [6.07, 6.45) is -6.06. The van der Waals surface area contributed by atoms with Gasteiger partial charge >= 0.3 is 6.18 Å². The molecule has 8 heteroatoms. The molecule has 1 aromatic rings. The van der Waals surface area contributed by atoms with Crippen molar-refractivity contribution in [2.45, 2.75) is 12.3 Å². The number of hydrogen-bond acceptors (Lipinski definition) is 3. The van der Waals surface area contributed by atoms with Crippen LogP contribution in [0.3, 0.4) is 0 Å². The second-order valence-corrected chi connectivity index (χ2v) is 4.18. The van der Waals surface area contributed by atoms with Gasteiger partial charge in [0, 0.05) is 11.0 Å². The maximum Gasteiger partial charge on any atom is 0.417 e. The van der Waals surface area contributed by atoms with Gasteiger partial charge in [-0.15, -0.1) is 0 Å². The Morgan fingerprint density at radius 1 is 1.53 bits per heavy atom. The van der Waals surface area contributed by atoms with E-state index in [1.165, 1.54) is 6.07 Å². The molecule has 19 heavy (non-hydrogen) atoms. The van der Waals surface area contributed by atoms with E-state index in [2.05, 4.69) is 21.2 Å². The van der Waals surface area contributed by atoms with Gasteiger partial charge in [0.25, 0.3) is 5.91 Å². The van der Waals surface area contributed by atoms with E-state index >= 15 is 0 Å². The van der Waals surface area contributed by atoms with Crippen LogP contribution in [-0.4, -0.2) is 22.4 Å². The number of carbonyl (C=O) groups is 1. The number of nitrogens with zero attached hydrogens (tertiary/aromatic N) is 1. The van der Waals surface area contributed by atoms with Crippen LogP contribution in [-0.2, 0) is 11.0 Å². The van der Waals surface area contributed by atoms with Gasteiger partial charge in [0.1, 0.15) is 6.10 Å². The minimum atomic E-state index is -4.69. The number of aliphatic hydroxyl groups excluding tert-OH is 1. The molecule has 0 aromatic heterocycles. The molecule has 0 saturated carbocycles. The first kappa shape index (κ1) is 15.5. The van der Waals surface area contributed by atoms with Crippen molar-refractivity contribution in [3.63, 3.8) is 0 Å². The molecule has 0 aliphatic carbocycles. The van der Waals surface area contributed by atoms with Gasteiger partial charge in [-0.25, -0.2) is 0 Å². The van der Waals surface area contributed by atoms with E-state index in [-0.39, 0.29) is 11.0 Å². The quantitative estimate of drug-likeness (QED) is 0.831. The molecular weight excluding hydrogens is 329 g/mol. The fourth-order valence-electron chi connectivity index (χ4n) is 1.25. The van der Waals surface area contributed by atoms with E-state index < -0.39 is 29.3 Å². The summed E-state index contributed by atoms with van der Waals surface area (Å²) < 4.78 is 38.0. The van der Waals surface area contributed by atoms with Gasteiger partial charge in [-0.3, -0.25) is 4.79 Å². The van der Waals surface area contributed by atoms with Gasteiger partial charge in [0.2, 0.25) is 0 Å². The molecule has 1 rings (SSSR count). The van der Waals surface area contributed by atoms with Crippen molar-refractivity contribution in [2.24, 2.45) is 0 Å². The lowest BCUT2D eigenvalue weighted by Crippen LogP contribution is -2.28. The minimum absolute atomic E-state index is 0.0404. The van der Waals surface area contributed by atoms with E-state index in [9.17, 15) is 23.1 Å². The molecule has 0 radical (unpaired) electrons. The zero-order valence-electron chi connectivity index (χ0n) is 9.33. The number of nitrogens with one attached hydrogen (secondary N) is 1. The minimum Gasteiger partial charge on any atom is -0.382 e. The molecular formula is C11H8BrF3N2O2. The fourth-order valence-corrected chi connectivity index (χ4v) is 1.54. The number of anilines is 1. The molecule has 0 fully saturated rings. The lowest BCUT2D eigenvalue weighted by molar-refractivity contribution is -0.137. The van der Waals surface area contributed by atoms with Crippen LogP contribution in [0.1, 0.15) is 11.1 Å². The Bertz CT molecular complexity index is 526. The summed E-state index contributed by atoms with van der Waals surface area (Å²) in [6, 6.07) is 4.19. The van der Waals surface area contributed by atoms with Crippen LogP contribution < -0.4 is 5.32 Å². The Morgan fingerprint density at radius 2 is 2.16 bits per heavy atom. The van der Waals surface area contributed by atoms with Crippen molar-refractivity contribution in [2.75, 3.05) is 10.6 Å². The number of rotatable bonds is 3. The largest absolute Gasteiger partial charge is 0.417 e. The van der Waals surface area contributed by atoms with E-state index in [0.29, 0.717) is 6.07 Å². The van der Waals surface area contributed by atoms with Gasteiger partial charge in [-0.2, -0.15) is 18.4 Å². The number of carbonyl (C=O) groups excluding carboxylic acids is 1. The van der Waals surface area contributed by atoms with Crippen molar-refractivity contribution in [3.05, 3.63) is 29.3 Å². The fraction of sp³-hybridized carbons (Fsp3) is 0.273. The standard InChI is InChI=1S/C11H8BrF3N2O2/c12-4-9(18)10(19)17-7-2-1-6(5-16)8(3-7)11(13,14)15/h1-3,9,18H,4H2,(H,17,19). The van der Waals surface area contributed by atoms with Crippen LogP contribution in [0.15, 0.2) is 18.2 Å². The highest BCUT2D eigenvalue weighted by molar-refractivity contribution is 9.09. The SMILES string of the molecule is N#Cc1ccc(NC(=O)C(O)CBr)cc1C(F)(F)F. The molecule has 0 bridgehead atoms. The van der Waals surface area contributed by atoms with Crippen LogP contribution in [0.2, 0.25) is 0 Å². The first-order chi connectivity index (χ1) is 8.79. The molecule has 1 unspecified atom stereocenters. The Balaban J connectivity index is 3.07. The molecule has 4 nitrogen and oxygen atoms in total. The number of hydrogen-bond donors (Lipinski definition) is 2. The lowest BCUT2D eigenvalue weighted by Gasteiger charge is -2.12. The summed E-state index contributed by atoms with van der Waals surface area (Å²) in [7, 11) is 0. The average Bonchev–Trinajstić information content (AvgIpc) is 2.36. The van der Waals surface area contributed by atoms with E-state index in [1.807, 2.05) is 0 Å². The summed E-state index contributed by atoms with van der Waals surface area (Å²) >= 11 is 2.86. The molecule has 0 aliphatic heterocycles. The van der Waals surface area contributed by atoms with Crippen LogP contribution >= 0.6 is 15.9 Å². The Hall–Kier alpha value is -1.59. The van der Waals surface area contributed by atoms with Crippen molar-refractivity contribution in [3.8, 4) is 6.07 Å². The second kappa shape index (κ2) is 6.04. The molecule has 0 heterocycles. The lowest BCUT2D eigenvalue weighted by atomic mass is 10.1. The summed E-state index contributed by atoms with van der Waals surface area (Å²) in [4.78, 5) is 11.3. The predicted molar refractivity (Wildman–Crippen MR) is 64.6 cm³/mol. The van der Waals surface area contributed by atoms with Crippen LogP contribution in [0.4, 0.5) is 18.9 Å². The maximum absolute atomic E-state index is 12.7. The van der Waals surface area contributed by atoms with E-state index in [0.717, 1.165) is 12.1 Å². The predicted octanol–water partition coefficient (Wildman–Crippen LogP) is 2.27. The van der Waals surface area contributed by atoms with Gasteiger partial charge in [-0.1, -0.05) is 15.9 Å². The Morgan fingerprint density at radius 3 is 2.63 bits per heavy atom. The average molecular weight is 337 g/mol. The zero-order valence-corrected chi connectivity index (χ0v) is 10.9. The number of halogens is 4. The van der Waals surface area contributed by atoms with Crippen molar-refractivity contribution in [1.82, 2.24) is 0 Å². The van der Waals surface area contributed by atoms with Crippen LogP contribution in [0.5, 0.6) is 0 Å². The van der Waals surface area contributed by atoms with E-state index in [4.69, 9.17) is 5.26 Å². The number of nitriles is 1. The highest BCUT2D eigenvalue weighted by atomic mass is 79.9. The second-order valence-electron chi connectivity index (χ2n) is 3.53. The van der Waals surface area contributed by atoms with Crippen molar-refractivity contribution in [1.29, 1.82) is 5.26 Å². The summed E-state index contributed by atoms with van der Waals surface area (Å²) in [5, 5.41) is 19.9. The molecule has 0 spiro atoms. The number of benzene rings is 1. The Labute approximate surface area is 115 Å². The molecule has 0 saturated heterocycles. The number of alkyl halides is 4. The van der Waals surface area contributed by atoms with E-state index in [1.54, 1.807) is 0 Å². The van der Waals surface area contributed by atoms with Crippen LogP contribution in [0, 0.1) is 11.3 Å². The van der Waals surface area contributed by atoms with Gasteiger partial charge in [-0.05, 0) is 18.2 Å². The smallest absolute Gasteiger partial charge is 0.382 e. The van der Waals surface area contributed by atoms with Crippen LogP contribution in [0.25, 0.3) is 0 Å². The number of aliphatic hydroxyl groups is 1. The summed E-state index contributed by atoms with van der Waals surface area (Å²) in [5.74, 6) is -0.838. The topological polar surface area (TPSA) is 73.1 Å². The Kier molecular flexibility index (Phi) is 4.91. The van der Waals surface area contributed by atoms with Crippen molar-refractivity contribution < 1.29 is 23.1 Å². The molecule has 1 atom stereocenters. The third-order valence-electron chi connectivity index (χ3n) is 2.16. The molecule has 2 N–H and O–H groups in total. The molecule has 102 valence electrons. The highest BCUT2D eigenvalue weighted by Gasteiger charge is 2.34. The monoisotopic (exact) mass is 336 g/mol. The summed E-state index contributed by atoms with van der Waals surface area (Å²) in [5.41, 5.74) is -1.82. The van der Waals surface area contributed by atoms with Gasteiger partial charge in [0.15, 0.2) is 0 Å². The first-order valence-corrected chi connectivity index (χ1v) is 6.08.